The molecule has 0 heterocycles. The van der Waals surface area contributed by atoms with Crippen molar-refractivity contribution in [2.45, 2.75) is 161 Å². The molecule has 44 heavy (non-hydrogen) atoms. The Kier molecular flexibility index (Phi) is 23.3. The molecule has 0 spiro atoms. The zero-order chi connectivity index (χ0) is 32.6. The molecule has 8 heteroatoms. The van der Waals surface area contributed by atoms with Gasteiger partial charge in [0.25, 0.3) is 0 Å². The first-order valence-electron chi connectivity index (χ1n) is 17.5. The van der Waals surface area contributed by atoms with E-state index in [1.807, 2.05) is 6.08 Å². The first kappa shape index (κ1) is 40.3. The molecule has 1 aliphatic rings. The second-order valence-electron chi connectivity index (χ2n) is 12.8. The predicted molar refractivity (Wildman–Crippen MR) is 175 cm³/mol. The number of unbranched alkanes of at least 4 members (excludes halogenated alkanes) is 9. The SMILES string of the molecule is CCCCC[C@@H](O)/C=C/[C@@H]1[C@H](C/C=C\CC(=O)OC[C@H](CO)OC(=O)CCCCCCCCCCC(C)CC)[C@@H](O)C[C@H]1O. The van der Waals surface area contributed by atoms with E-state index in [1.165, 1.54) is 44.9 Å². The summed E-state index contributed by atoms with van der Waals surface area (Å²) in [5, 5.41) is 40.5. The number of ether oxygens (including phenoxy) is 2. The average molecular weight is 625 g/mol. The molecule has 7 atom stereocenters. The lowest BCUT2D eigenvalue weighted by Crippen LogP contribution is -2.28. The van der Waals surface area contributed by atoms with Gasteiger partial charge >= 0.3 is 11.9 Å². The van der Waals surface area contributed by atoms with Crippen LogP contribution in [0, 0.1) is 17.8 Å². The van der Waals surface area contributed by atoms with Crippen LogP contribution in [0.25, 0.3) is 0 Å². The molecule has 256 valence electrons. The van der Waals surface area contributed by atoms with Crippen molar-refractivity contribution in [3.63, 3.8) is 0 Å². The number of hydrogen-bond donors (Lipinski definition) is 4. The summed E-state index contributed by atoms with van der Waals surface area (Å²) < 4.78 is 10.5. The third kappa shape index (κ3) is 18.9. The van der Waals surface area contributed by atoms with Gasteiger partial charge in [-0.3, -0.25) is 9.59 Å². The average Bonchev–Trinajstić information content (AvgIpc) is 3.28. The maximum Gasteiger partial charge on any atom is 0.309 e. The number of esters is 2. The summed E-state index contributed by atoms with van der Waals surface area (Å²) in [6, 6.07) is 0. The molecule has 0 aromatic rings. The molecule has 1 saturated carbocycles. The third-order valence-electron chi connectivity index (χ3n) is 8.89. The highest BCUT2D eigenvalue weighted by atomic mass is 16.6. The van der Waals surface area contributed by atoms with Gasteiger partial charge in [0.2, 0.25) is 0 Å². The number of rotatable bonds is 26. The van der Waals surface area contributed by atoms with Gasteiger partial charge in [-0.1, -0.05) is 122 Å². The highest BCUT2D eigenvalue weighted by molar-refractivity contribution is 5.71. The van der Waals surface area contributed by atoms with Crippen LogP contribution in [-0.4, -0.2) is 70.0 Å². The van der Waals surface area contributed by atoms with Gasteiger partial charge in [0.05, 0.1) is 31.3 Å². The molecule has 1 aliphatic carbocycles. The fourth-order valence-corrected chi connectivity index (χ4v) is 5.74. The quantitative estimate of drug-likeness (QED) is 0.0482. The molecule has 1 unspecified atom stereocenters. The van der Waals surface area contributed by atoms with Crippen molar-refractivity contribution in [2.75, 3.05) is 13.2 Å². The van der Waals surface area contributed by atoms with E-state index in [-0.39, 0.29) is 43.7 Å². The predicted octanol–water partition coefficient (Wildman–Crippen LogP) is 6.57. The Balaban J connectivity index is 2.23. The monoisotopic (exact) mass is 624 g/mol. The van der Waals surface area contributed by atoms with E-state index in [0.717, 1.165) is 44.4 Å². The van der Waals surface area contributed by atoms with Crippen LogP contribution >= 0.6 is 0 Å². The van der Waals surface area contributed by atoms with E-state index >= 15 is 0 Å². The van der Waals surface area contributed by atoms with Crippen LogP contribution in [0.5, 0.6) is 0 Å². The molecule has 8 nitrogen and oxygen atoms in total. The Morgan fingerprint density at radius 1 is 0.864 bits per heavy atom. The van der Waals surface area contributed by atoms with Crippen LogP contribution in [0.3, 0.4) is 0 Å². The summed E-state index contributed by atoms with van der Waals surface area (Å²) in [6.45, 7) is 6.05. The lowest BCUT2D eigenvalue weighted by molar-refractivity contribution is -0.161. The van der Waals surface area contributed by atoms with Crippen LogP contribution in [0.4, 0.5) is 0 Å². The van der Waals surface area contributed by atoms with Gasteiger partial charge in [-0.2, -0.15) is 0 Å². The van der Waals surface area contributed by atoms with Crippen molar-refractivity contribution in [1.29, 1.82) is 0 Å². The van der Waals surface area contributed by atoms with Gasteiger partial charge < -0.3 is 29.9 Å². The molecule has 0 radical (unpaired) electrons. The van der Waals surface area contributed by atoms with Gasteiger partial charge in [-0.05, 0) is 31.1 Å². The van der Waals surface area contributed by atoms with E-state index in [9.17, 15) is 30.0 Å². The van der Waals surface area contributed by atoms with Gasteiger partial charge in [0, 0.05) is 18.8 Å². The van der Waals surface area contributed by atoms with E-state index in [1.54, 1.807) is 18.2 Å². The Morgan fingerprint density at radius 3 is 2.18 bits per heavy atom. The summed E-state index contributed by atoms with van der Waals surface area (Å²) in [5.41, 5.74) is 0. The van der Waals surface area contributed by atoms with Gasteiger partial charge in [-0.25, -0.2) is 0 Å². The molecule has 0 aliphatic heterocycles. The molecule has 1 rings (SSSR count). The molecule has 0 aromatic heterocycles. The molecule has 0 aromatic carbocycles. The van der Waals surface area contributed by atoms with Crippen LogP contribution in [-0.2, 0) is 19.1 Å². The van der Waals surface area contributed by atoms with E-state index in [2.05, 4.69) is 20.8 Å². The third-order valence-corrected chi connectivity index (χ3v) is 8.89. The lowest BCUT2D eigenvalue weighted by Gasteiger charge is -2.19. The van der Waals surface area contributed by atoms with Crippen LogP contribution < -0.4 is 0 Å². The summed E-state index contributed by atoms with van der Waals surface area (Å²) in [4.78, 5) is 24.3. The minimum atomic E-state index is -0.883. The first-order valence-corrected chi connectivity index (χ1v) is 17.5. The Hall–Kier alpha value is -1.74. The summed E-state index contributed by atoms with van der Waals surface area (Å²) in [6.07, 6.45) is 20.8. The van der Waals surface area contributed by atoms with Gasteiger partial charge in [0.15, 0.2) is 6.10 Å². The van der Waals surface area contributed by atoms with E-state index < -0.39 is 37.0 Å². The lowest BCUT2D eigenvalue weighted by atomic mass is 9.89. The number of aliphatic hydroxyl groups is 4. The smallest absolute Gasteiger partial charge is 0.309 e. The standard InChI is InChI=1S/C36H64O8/c1-4-6-13-19-29(38)23-24-32-31(33(39)25-34(32)40)20-16-17-21-35(41)43-27-30(26-37)44-36(42)22-15-12-10-8-7-9-11-14-18-28(3)5-2/h16-17,23-24,28-34,37-40H,4-15,18-22,25-27H2,1-3H3/b17-16-,24-23+/t28?,29-,30+,31+,32-,33+,34-/m1/s1. The van der Waals surface area contributed by atoms with Gasteiger partial charge in [-0.15, -0.1) is 0 Å². The zero-order valence-electron chi connectivity index (χ0n) is 27.9. The van der Waals surface area contributed by atoms with Crippen molar-refractivity contribution in [2.24, 2.45) is 17.8 Å². The maximum atomic E-state index is 12.2. The van der Waals surface area contributed by atoms with E-state index in [0.29, 0.717) is 12.8 Å². The molecular formula is C36H64O8. The number of carbonyl (C=O) groups is 2. The second-order valence-corrected chi connectivity index (χ2v) is 12.8. The van der Waals surface area contributed by atoms with E-state index in [4.69, 9.17) is 9.47 Å². The molecule has 4 N–H and O–H groups in total. The Labute approximate surface area is 267 Å². The van der Waals surface area contributed by atoms with Crippen molar-refractivity contribution in [1.82, 2.24) is 0 Å². The topological polar surface area (TPSA) is 134 Å². The van der Waals surface area contributed by atoms with Crippen LogP contribution in [0.1, 0.15) is 136 Å². The van der Waals surface area contributed by atoms with Crippen molar-refractivity contribution >= 4 is 11.9 Å². The van der Waals surface area contributed by atoms with Crippen molar-refractivity contribution in [3.8, 4) is 0 Å². The van der Waals surface area contributed by atoms with Crippen molar-refractivity contribution < 1.29 is 39.5 Å². The fraction of sp³-hybridized carbons (Fsp3) is 0.833. The largest absolute Gasteiger partial charge is 0.461 e. The van der Waals surface area contributed by atoms with Gasteiger partial charge in [0.1, 0.15) is 6.61 Å². The minimum Gasteiger partial charge on any atom is -0.461 e. The van der Waals surface area contributed by atoms with Crippen LogP contribution in [0.15, 0.2) is 24.3 Å². The fourth-order valence-electron chi connectivity index (χ4n) is 5.74. The molecule has 0 amide bonds. The number of hydrogen-bond acceptors (Lipinski definition) is 8. The minimum absolute atomic E-state index is 0.00593. The second kappa shape index (κ2) is 25.5. The Bertz CT molecular complexity index is 797. The normalized spacial score (nSPS) is 22.4. The van der Waals surface area contributed by atoms with Crippen LogP contribution in [0.2, 0.25) is 0 Å². The summed E-state index contributed by atoms with van der Waals surface area (Å²) in [7, 11) is 0. The number of carbonyl (C=O) groups excluding carboxylic acids is 2. The molecule has 0 bridgehead atoms. The highest BCUT2D eigenvalue weighted by Crippen LogP contribution is 2.36. The molecule has 0 saturated heterocycles. The maximum absolute atomic E-state index is 12.2. The first-order chi connectivity index (χ1) is 21.2. The Morgan fingerprint density at radius 2 is 1.52 bits per heavy atom. The van der Waals surface area contributed by atoms with Crippen molar-refractivity contribution in [3.05, 3.63) is 24.3 Å². The molecule has 1 fully saturated rings. The summed E-state index contributed by atoms with van der Waals surface area (Å²) >= 11 is 0. The number of allylic oxidation sites excluding steroid dienone is 1. The molecular weight excluding hydrogens is 560 g/mol. The number of aliphatic hydroxyl groups excluding tert-OH is 4. The summed E-state index contributed by atoms with van der Waals surface area (Å²) in [5.74, 6) is -0.539. The zero-order valence-corrected chi connectivity index (χ0v) is 27.9. The highest BCUT2D eigenvalue weighted by Gasteiger charge is 2.39.